The Balaban J connectivity index is 1.97. The van der Waals surface area contributed by atoms with Gasteiger partial charge in [0.1, 0.15) is 5.82 Å². The standard InChI is InChI=1S/C14H18FN3O/c1-2-4-12(16)9-14-17-13(18-19-14)8-10-5-3-6-11(15)7-10/h3,5-7,12H,2,4,8-9,16H2,1H3. The molecule has 0 aliphatic carbocycles. The van der Waals surface area contributed by atoms with Gasteiger partial charge >= 0.3 is 0 Å². The molecule has 0 bridgehead atoms. The molecule has 0 saturated heterocycles. The lowest BCUT2D eigenvalue weighted by Crippen LogP contribution is -2.22. The van der Waals surface area contributed by atoms with E-state index in [0.29, 0.717) is 24.6 Å². The molecule has 0 aliphatic heterocycles. The van der Waals surface area contributed by atoms with E-state index in [0.717, 1.165) is 18.4 Å². The molecule has 2 rings (SSSR count). The van der Waals surface area contributed by atoms with Crippen molar-refractivity contribution in [3.63, 3.8) is 0 Å². The average Bonchev–Trinajstić information content (AvgIpc) is 2.76. The smallest absolute Gasteiger partial charge is 0.228 e. The molecule has 1 heterocycles. The zero-order valence-corrected chi connectivity index (χ0v) is 11.0. The van der Waals surface area contributed by atoms with Crippen LogP contribution in [-0.4, -0.2) is 16.2 Å². The molecule has 0 saturated carbocycles. The SMILES string of the molecule is CCCC(N)Cc1nc(Cc2cccc(F)c2)no1. The highest BCUT2D eigenvalue weighted by atomic mass is 19.1. The Labute approximate surface area is 111 Å². The fraction of sp³-hybridized carbons (Fsp3) is 0.429. The van der Waals surface area contributed by atoms with Crippen LogP contribution in [0.2, 0.25) is 0 Å². The molecule has 5 heteroatoms. The number of nitrogens with two attached hydrogens (primary N) is 1. The van der Waals surface area contributed by atoms with Crippen LogP contribution >= 0.6 is 0 Å². The largest absolute Gasteiger partial charge is 0.339 e. The van der Waals surface area contributed by atoms with Gasteiger partial charge in [-0.1, -0.05) is 30.6 Å². The van der Waals surface area contributed by atoms with E-state index in [1.165, 1.54) is 12.1 Å². The molecule has 0 spiro atoms. The van der Waals surface area contributed by atoms with Crippen LogP contribution in [0.25, 0.3) is 0 Å². The molecule has 0 aliphatic rings. The van der Waals surface area contributed by atoms with Gasteiger partial charge in [-0.3, -0.25) is 0 Å². The normalized spacial score (nSPS) is 12.6. The third-order valence-corrected chi connectivity index (χ3v) is 2.86. The first-order chi connectivity index (χ1) is 9.17. The minimum Gasteiger partial charge on any atom is -0.339 e. The van der Waals surface area contributed by atoms with Crippen molar-refractivity contribution in [2.45, 2.75) is 38.6 Å². The molecule has 0 radical (unpaired) electrons. The zero-order valence-electron chi connectivity index (χ0n) is 11.0. The average molecular weight is 263 g/mol. The number of hydrogen-bond acceptors (Lipinski definition) is 4. The van der Waals surface area contributed by atoms with Gasteiger partial charge in [0.05, 0.1) is 0 Å². The van der Waals surface area contributed by atoms with E-state index in [4.69, 9.17) is 10.3 Å². The van der Waals surface area contributed by atoms with E-state index in [1.807, 2.05) is 6.07 Å². The Bertz CT molecular complexity index is 527. The molecule has 1 aromatic carbocycles. The Morgan fingerprint density at radius 1 is 1.42 bits per heavy atom. The predicted octanol–water partition coefficient (Wildman–Crippen LogP) is 2.47. The summed E-state index contributed by atoms with van der Waals surface area (Å²) < 4.78 is 18.2. The van der Waals surface area contributed by atoms with E-state index in [-0.39, 0.29) is 11.9 Å². The third kappa shape index (κ3) is 4.13. The maximum Gasteiger partial charge on any atom is 0.228 e. The summed E-state index contributed by atoms with van der Waals surface area (Å²) in [4.78, 5) is 4.28. The van der Waals surface area contributed by atoms with Gasteiger partial charge in [-0.2, -0.15) is 4.98 Å². The lowest BCUT2D eigenvalue weighted by molar-refractivity contribution is 0.361. The van der Waals surface area contributed by atoms with Gasteiger partial charge < -0.3 is 10.3 Å². The van der Waals surface area contributed by atoms with Crippen LogP contribution in [-0.2, 0) is 12.8 Å². The van der Waals surface area contributed by atoms with E-state index in [1.54, 1.807) is 6.07 Å². The molecule has 1 unspecified atom stereocenters. The maximum absolute atomic E-state index is 13.1. The van der Waals surface area contributed by atoms with Gasteiger partial charge in [0.2, 0.25) is 5.89 Å². The molecule has 2 aromatic rings. The molecule has 1 aromatic heterocycles. The summed E-state index contributed by atoms with van der Waals surface area (Å²) in [7, 11) is 0. The monoisotopic (exact) mass is 263 g/mol. The summed E-state index contributed by atoms with van der Waals surface area (Å²) in [5.41, 5.74) is 6.74. The second-order valence-electron chi connectivity index (χ2n) is 4.66. The molecule has 4 nitrogen and oxygen atoms in total. The Morgan fingerprint density at radius 2 is 2.26 bits per heavy atom. The number of hydrogen-bond donors (Lipinski definition) is 1. The summed E-state index contributed by atoms with van der Waals surface area (Å²) in [5, 5.41) is 3.89. The van der Waals surface area contributed by atoms with Crippen molar-refractivity contribution in [3.8, 4) is 0 Å². The van der Waals surface area contributed by atoms with Gasteiger partial charge in [0, 0.05) is 18.9 Å². The molecule has 2 N–H and O–H groups in total. The van der Waals surface area contributed by atoms with Crippen LogP contribution in [0, 0.1) is 5.82 Å². The molecular weight excluding hydrogens is 245 g/mol. The highest BCUT2D eigenvalue weighted by molar-refractivity contribution is 5.19. The van der Waals surface area contributed by atoms with E-state index in [2.05, 4.69) is 17.1 Å². The van der Waals surface area contributed by atoms with Crippen LogP contribution in [0.15, 0.2) is 28.8 Å². The quantitative estimate of drug-likeness (QED) is 0.869. The zero-order chi connectivity index (χ0) is 13.7. The van der Waals surface area contributed by atoms with Gasteiger partial charge in [0.25, 0.3) is 0 Å². The molecule has 19 heavy (non-hydrogen) atoms. The number of rotatable bonds is 6. The van der Waals surface area contributed by atoms with Gasteiger partial charge in [-0.15, -0.1) is 0 Å². The van der Waals surface area contributed by atoms with Crippen molar-refractivity contribution >= 4 is 0 Å². The second kappa shape index (κ2) is 6.43. The third-order valence-electron chi connectivity index (χ3n) is 2.86. The van der Waals surface area contributed by atoms with Crippen molar-refractivity contribution < 1.29 is 8.91 Å². The van der Waals surface area contributed by atoms with Gasteiger partial charge in [-0.05, 0) is 24.1 Å². The van der Waals surface area contributed by atoms with E-state index in [9.17, 15) is 4.39 Å². The second-order valence-corrected chi connectivity index (χ2v) is 4.66. The summed E-state index contributed by atoms with van der Waals surface area (Å²) in [6.07, 6.45) is 3.02. The summed E-state index contributed by atoms with van der Waals surface area (Å²) in [5.74, 6) is 0.850. The van der Waals surface area contributed by atoms with E-state index >= 15 is 0 Å². The number of nitrogens with zero attached hydrogens (tertiary/aromatic N) is 2. The van der Waals surface area contributed by atoms with Crippen molar-refractivity contribution in [1.82, 2.24) is 10.1 Å². The molecule has 102 valence electrons. The maximum atomic E-state index is 13.1. The number of benzene rings is 1. The first-order valence-corrected chi connectivity index (χ1v) is 6.49. The minimum atomic E-state index is -0.258. The Morgan fingerprint density at radius 3 is 3.00 bits per heavy atom. The van der Waals surface area contributed by atoms with Crippen LogP contribution < -0.4 is 5.73 Å². The lowest BCUT2D eigenvalue weighted by Gasteiger charge is -2.05. The number of halogens is 1. The summed E-state index contributed by atoms with van der Waals surface area (Å²) in [6.45, 7) is 2.09. The van der Waals surface area contributed by atoms with Crippen LogP contribution in [0.5, 0.6) is 0 Å². The molecule has 0 fully saturated rings. The number of aromatic nitrogens is 2. The Hall–Kier alpha value is -1.75. The summed E-state index contributed by atoms with van der Waals surface area (Å²) in [6, 6.07) is 6.44. The van der Waals surface area contributed by atoms with Crippen molar-refractivity contribution in [1.29, 1.82) is 0 Å². The topological polar surface area (TPSA) is 64.9 Å². The predicted molar refractivity (Wildman–Crippen MR) is 70.1 cm³/mol. The minimum absolute atomic E-state index is 0.0486. The van der Waals surface area contributed by atoms with E-state index < -0.39 is 0 Å². The highest BCUT2D eigenvalue weighted by Gasteiger charge is 2.11. The highest BCUT2D eigenvalue weighted by Crippen LogP contribution is 2.10. The van der Waals surface area contributed by atoms with Crippen LogP contribution in [0.1, 0.15) is 37.0 Å². The molecule has 0 amide bonds. The summed E-state index contributed by atoms with van der Waals surface area (Å²) >= 11 is 0. The Kier molecular flexibility index (Phi) is 4.63. The van der Waals surface area contributed by atoms with Gasteiger partial charge in [0.15, 0.2) is 5.82 Å². The van der Waals surface area contributed by atoms with Crippen molar-refractivity contribution in [3.05, 3.63) is 47.4 Å². The van der Waals surface area contributed by atoms with Crippen molar-refractivity contribution in [2.24, 2.45) is 5.73 Å². The van der Waals surface area contributed by atoms with Gasteiger partial charge in [-0.25, -0.2) is 4.39 Å². The fourth-order valence-corrected chi connectivity index (χ4v) is 1.97. The first-order valence-electron chi connectivity index (χ1n) is 6.49. The van der Waals surface area contributed by atoms with Crippen molar-refractivity contribution in [2.75, 3.05) is 0 Å². The molecule has 1 atom stereocenters. The molecular formula is C14H18FN3O. The fourth-order valence-electron chi connectivity index (χ4n) is 1.97. The lowest BCUT2D eigenvalue weighted by atomic mass is 10.1. The van der Waals surface area contributed by atoms with Crippen LogP contribution in [0.4, 0.5) is 4.39 Å². The van der Waals surface area contributed by atoms with Crippen LogP contribution in [0.3, 0.4) is 0 Å². The first kappa shape index (κ1) is 13.7.